The number of hydrogen-bond donors (Lipinski definition) is 1. The molecule has 0 saturated heterocycles. The van der Waals surface area contributed by atoms with Gasteiger partial charge in [0, 0.05) is 17.9 Å². The van der Waals surface area contributed by atoms with Gasteiger partial charge in [-0.05, 0) is 37.9 Å². The summed E-state index contributed by atoms with van der Waals surface area (Å²) in [6.45, 7) is 2.85. The Labute approximate surface area is 90.3 Å². The third kappa shape index (κ3) is 5.37. The first kappa shape index (κ1) is 11.7. The average Bonchev–Trinajstić information content (AvgIpc) is 2.69. The minimum Gasteiger partial charge on any atom is -0.381 e. The first-order valence-electron chi connectivity index (χ1n) is 5.18. The van der Waals surface area contributed by atoms with Gasteiger partial charge in [0.15, 0.2) is 0 Å². The van der Waals surface area contributed by atoms with Gasteiger partial charge < -0.3 is 10.1 Å². The van der Waals surface area contributed by atoms with Crippen LogP contribution in [0, 0.1) is 0 Å². The van der Waals surface area contributed by atoms with Gasteiger partial charge in [0.2, 0.25) is 0 Å². The van der Waals surface area contributed by atoms with Gasteiger partial charge in [0.25, 0.3) is 0 Å². The van der Waals surface area contributed by atoms with Crippen molar-refractivity contribution in [2.45, 2.75) is 19.3 Å². The van der Waals surface area contributed by atoms with Crippen LogP contribution in [0.1, 0.15) is 17.7 Å². The minimum atomic E-state index is 0.861. The predicted octanol–water partition coefficient (Wildman–Crippen LogP) is 2.31. The highest BCUT2D eigenvalue weighted by Gasteiger charge is 1.93. The fraction of sp³-hybridized carbons (Fsp3) is 0.636. The van der Waals surface area contributed by atoms with Crippen LogP contribution in [0.25, 0.3) is 0 Å². The van der Waals surface area contributed by atoms with Crippen molar-refractivity contribution in [2.75, 3.05) is 26.8 Å². The van der Waals surface area contributed by atoms with Crippen molar-refractivity contribution < 1.29 is 4.74 Å². The van der Waals surface area contributed by atoms with Crippen LogP contribution in [0.3, 0.4) is 0 Å². The zero-order valence-corrected chi connectivity index (χ0v) is 9.61. The van der Waals surface area contributed by atoms with Gasteiger partial charge in [-0.3, -0.25) is 0 Å². The maximum Gasteiger partial charge on any atom is 0.0514 e. The lowest BCUT2D eigenvalue weighted by atomic mass is 10.3. The van der Waals surface area contributed by atoms with E-state index in [2.05, 4.69) is 22.8 Å². The molecular weight excluding hydrogens is 194 g/mol. The Hall–Kier alpha value is -0.380. The van der Waals surface area contributed by atoms with Gasteiger partial charge in [-0.2, -0.15) is 0 Å². The molecule has 0 aliphatic heterocycles. The smallest absolute Gasteiger partial charge is 0.0514 e. The van der Waals surface area contributed by atoms with E-state index in [9.17, 15) is 0 Å². The summed E-state index contributed by atoms with van der Waals surface area (Å²) in [6.07, 6.45) is 3.42. The van der Waals surface area contributed by atoms with E-state index < -0.39 is 0 Å². The molecule has 1 N–H and O–H groups in total. The van der Waals surface area contributed by atoms with Crippen molar-refractivity contribution in [2.24, 2.45) is 0 Å². The molecule has 0 aliphatic rings. The molecule has 3 heteroatoms. The van der Waals surface area contributed by atoms with Crippen LogP contribution < -0.4 is 5.32 Å². The van der Waals surface area contributed by atoms with E-state index in [0.717, 1.165) is 32.6 Å². The van der Waals surface area contributed by atoms with Crippen molar-refractivity contribution in [3.05, 3.63) is 22.4 Å². The van der Waals surface area contributed by atoms with Gasteiger partial charge in [-0.25, -0.2) is 0 Å². The fourth-order valence-electron chi connectivity index (χ4n) is 1.24. The lowest BCUT2D eigenvalue weighted by Crippen LogP contribution is -2.08. The normalized spacial score (nSPS) is 10.6. The molecule has 0 aliphatic carbocycles. The fourth-order valence-corrected chi connectivity index (χ4v) is 1.93. The molecule has 0 amide bonds. The quantitative estimate of drug-likeness (QED) is 0.669. The third-order valence-corrected chi connectivity index (χ3v) is 2.97. The van der Waals surface area contributed by atoms with Crippen molar-refractivity contribution in [1.29, 1.82) is 0 Å². The first-order chi connectivity index (χ1) is 6.93. The minimum absolute atomic E-state index is 0.861. The summed E-state index contributed by atoms with van der Waals surface area (Å²) in [4.78, 5) is 1.42. The Kier molecular flexibility index (Phi) is 6.66. The summed E-state index contributed by atoms with van der Waals surface area (Å²) in [5.41, 5.74) is 0. The molecule has 0 aromatic carbocycles. The highest BCUT2D eigenvalue weighted by atomic mass is 32.1. The summed E-state index contributed by atoms with van der Waals surface area (Å²) in [5, 5.41) is 5.24. The molecule has 0 unspecified atom stereocenters. The Morgan fingerprint density at radius 1 is 1.36 bits per heavy atom. The van der Waals surface area contributed by atoms with Gasteiger partial charge >= 0.3 is 0 Å². The molecule has 0 atom stereocenters. The maximum atomic E-state index is 5.53. The molecular formula is C11H19NOS. The maximum absolute atomic E-state index is 5.53. The average molecular weight is 213 g/mol. The molecule has 0 saturated carbocycles. The van der Waals surface area contributed by atoms with E-state index in [1.807, 2.05) is 7.05 Å². The summed E-state index contributed by atoms with van der Waals surface area (Å²) in [5.74, 6) is 0. The number of thiophene rings is 1. The molecule has 0 fully saturated rings. The summed E-state index contributed by atoms with van der Waals surface area (Å²) >= 11 is 1.80. The molecule has 0 radical (unpaired) electrons. The Bertz CT molecular complexity index is 211. The second kappa shape index (κ2) is 7.97. The molecule has 1 heterocycles. The highest BCUT2D eigenvalue weighted by molar-refractivity contribution is 7.09. The highest BCUT2D eigenvalue weighted by Crippen LogP contribution is 2.08. The number of unbranched alkanes of at least 4 members (excludes halogenated alkanes) is 1. The monoisotopic (exact) mass is 213 g/mol. The van der Waals surface area contributed by atoms with Crippen LogP contribution in [0.15, 0.2) is 17.5 Å². The van der Waals surface area contributed by atoms with E-state index in [1.54, 1.807) is 11.3 Å². The predicted molar refractivity (Wildman–Crippen MR) is 62.0 cm³/mol. The van der Waals surface area contributed by atoms with E-state index in [0.29, 0.717) is 0 Å². The summed E-state index contributed by atoms with van der Waals surface area (Å²) in [7, 11) is 1.98. The van der Waals surface area contributed by atoms with Gasteiger partial charge in [0.1, 0.15) is 0 Å². The number of hydrogen-bond acceptors (Lipinski definition) is 3. The van der Waals surface area contributed by atoms with Crippen molar-refractivity contribution in [3.63, 3.8) is 0 Å². The lowest BCUT2D eigenvalue weighted by Gasteiger charge is -2.02. The van der Waals surface area contributed by atoms with Gasteiger partial charge in [0.05, 0.1) is 6.61 Å². The van der Waals surface area contributed by atoms with Crippen LogP contribution in [0.5, 0.6) is 0 Å². The summed E-state index contributed by atoms with van der Waals surface area (Å²) < 4.78 is 5.53. The van der Waals surface area contributed by atoms with E-state index in [-0.39, 0.29) is 0 Å². The van der Waals surface area contributed by atoms with Crippen molar-refractivity contribution in [3.8, 4) is 0 Å². The zero-order chi connectivity index (χ0) is 10.1. The first-order valence-corrected chi connectivity index (χ1v) is 6.06. The molecule has 1 aromatic rings. The molecule has 0 bridgehead atoms. The largest absolute Gasteiger partial charge is 0.381 e. The molecule has 1 aromatic heterocycles. The molecule has 0 spiro atoms. The number of nitrogens with one attached hydrogen (secondary N) is 1. The van der Waals surface area contributed by atoms with Crippen LogP contribution in [0.2, 0.25) is 0 Å². The molecule has 1 rings (SSSR count). The third-order valence-electron chi connectivity index (χ3n) is 2.04. The number of ether oxygens (including phenoxy) is 1. The van der Waals surface area contributed by atoms with E-state index in [4.69, 9.17) is 4.74 Å². The van der Waals surface area contributed by atoms with Crippen molar-refractivity contribution >= 4 is 11.3 Å². The standard InChI is InChI=1S/C11H19NOS/c1-12-7-2-3-8-13-9-6-11-5-4-10-14-11/h4-5,10,12H,2-3,6-9H2,1H3. The van der Waals surface area contributed by atoms with Gasteiger partial charge in [-0.1, -0.05) is 6.07 Å². The summed E-state index contributed by atoms with van der Waals surface area (Å²) in [6, 6.07) is 4.25. The van der Waals surface area contributed by atoms with Crippen molar-refractivity contribution in [1.82, 2.24) is 5.32 Å². The topological polar surface area (TPSA) is 21.3 Å². The SMILES string of the molecule is CNCCCCOCCc1cccs1. The van der Waals surface area contributed by atoms with E-state index >= 15 is 0 Å². The van der Waals surface area contributed by atoms with Crippen LogP contribution in [-0.2, 0) is 11.2 Å². The molecule has 80 valence electrons. The Balaban J connectivity index is 1.85. The molecule has 14 heavy (non-hydrogen) atoms. The van der Waals surface area contributed by atoms with Gasteiger partial charge in [-0.15, -0.1) is 11.3 Å². The number of rotatable bonds is 8. The Morgan fingerprint density at radius 3 is 3.00 bits per heavy atom. The van der Waals surface area contributed by atoms with Crippen LogP contribution in [0.4, 0.5) is 0 Å². The van der Waals surface area contributed by atoms with Crippen LogP contribution >= 0.6 is 11.3 Å². The molecule has 2 nitrogen and oxygen atoms in total. The van der Waals surface area contributed by atoms with E-state index in [1.165, 1.54) is 11.3 Å². The van der Waals surface area contributed by atoms with Crippen LogP contribution in [-0.4, -0.2) is 26.8 Å². The second-order valence-corrected chi connectivity index (χ2v) is 4.28. The second-order valence-electron chi connectivity index (χ2n) is 3.25. The zero-order valence-electron chi connectivity index (χ0n) is 8.79. The lowest BCUT2D eigenvalue weighted by molar-refractivity contribution is 0.134. The Morgan fingerprint density at radius 2 is 2.29 bits per heavy atom.